The highest BCUT2D eigenvalue weighted by molar-refractivity contribution is 5.59. The minimum Gasteiger partial charge on any atom is -0.367 e. The fourth-order valence-corrected chi connectivity index (χ4v) is 3.04. The monoisotopic (exact) mass is 280 g/mol. The molecule has 0 bridgehead atoms. The van der Waals surface area contributed by atoms with Crippen LogP contribution in [0.2, 0.25) is 0 Å². The molecule has 0 radical (unpaired) electrons. The van der Waals surface area contributed by atoms with Crippen LogP contribution in [0, 0.1) is 0 Å². The van der Waals surface area contributed by atoms with E-state index in [4.69, 9.17) is 5.73 Å². The summed E-state index contributed by atoms with van der Waals surface area (Å²) in [4.78, 5) is 2.47. The zero-order chi connectivity index (χ0) is 14.8. The van der Waals surface area contributed by atoms with Crippen molar-refractivity contribution >= 4 is 5.69 Å². The van der Waals surface area contributed by atoms with Crippen molar-refractivity contribution in [2.75, 3.05) is 11.4 Å². The van der Waals surface area contributed by atoms with Crippen LogP contribution in [-0.4, -0.2) is 6.54 Å². The van der Waals surface area contributed by atoms with E-state index in [1.807, 2.05) is 6.92 Å². The lowest BCUT2D eigenvalue weighted by Crippen LogP contribution is -2.19. The molecule has 1 atom stereocenters. The average Bonchev–Trinajstić information content (AvgIpc) is 2.90. The Morgan fingerprint density at radius 2 is 1.81 bits per heavy atom. The minimum atomic E-state index is 0.117. The molecule has 1 aliphatic heterocycles. The second kappa shape index (κ2) is 5.90. The number of hydrogen-bond donors (Lipinski definition) is 1. The van der Waals surface area contributed by atoms with Gasteiger partial charge in [0.2, 0.25) is 0 Å². The molecule has 0 aromatic heterocycles. The SMILES string of the molecule is CCc1ccc(CN2CCc3cc(C(C)N)ccc32)cc1. The number of benzene rings is 2. The Bertz CT molecular complexity index is 614. The highest BCUT2D eigenvalue weighted by Crippen LogP contribution is 2.31. The number of aryl methyl sites for hydroxylation is 1. The predicted molar refractivity (Wildman–Crippen MR) is 89.6 cm³/mol. The largest absolute Gasteiger partial charge is 0.367 e. The average molecular weight is 280 g/mol. The topological polar surface area (TPSA) is 29.3 Å². The molecule has 2 nitrogen and oxygen atoms in total. The van der Waals surface area contributed by atoms with E-state index in [0.29, 0.717) is 0 Å². The Morgan fingerprint density at radius 3 is 2.48 bits per heavy atom. The summed E-state index contributed by atoms with van der Waals surface area (Å²) < 4.78 is 0. The smallest absolute Gasteiger partial charge is 0.0429 e. The third kappa shape index (κ3) is 2.96. The van der Waals surface area contributed by atoms with Gasteiger partial charge in [-0.15, -0.1) is 0 Å². The van der Waals surface area contributed by atoms with Crippen molar-refractivity contribution in [2.24, 2.45) is 5.73 Å². The van der Waals surface area contributed by atoms with Gasteiger partial charge < -0.3 is 10.6 Å². The molecule has 1 heterocycles. The first-order chi connectivity index (χ1) is 10.2. The third-order valence-electron chi connectivity index (χ3n) is 4.43. The van der Waals surface area contributed by atoms with E-state index >= 15 is 0 Å². The summed E-state index contributed by atoms with van der Waals surface area (Å²) in [5.74, 6) is 0. The quantitative estimate of drug-likeness (QED) is 0.922. The van der Waals surface area contributed by atoms with Gasteiger partial charge in [0.1, 0.15) is 0 Å². The van der Waals surface area contributed by atoms with Crippen LogP contribution in [-0.2, 0) is 19.4 Å². The molecule has 110 valence electrons. The molecule has 0 fully saturated rings. The Kier molecular flexibility index (Phi) is 3.98. The number of nitrogens with zero attached hydrogens (tertiary/aromatic N) is 1. The van der Waals surface area contributed by atoms with Gasteiger partial charge in [-0.3, -0.25) is 0 Å². The normalized spacial score (nSPS) is 15.1. The number of hydrogen-bond acceptors (Lipinski definition) is 2. The standard InChI is InChI=1S/C19H24N2/c1-3-15-4-6-16(7-5-15)13-21-11-10-18-12-17(14(2)20)8-9-19(18)21/h4-9,12,14H,3,10-11,13,20H2,1-2H3. The zero-order valence-electron chi connectivity index (χ0n) is 13.0. The molecular formula is C19H24N2. The molecule has 3 rings (SSSR count). The van der Waals surface area contributed by atoms with E-state index < -0.39 is 0 Å². The van der Waals surface area contributed by atoms with Gasteiger partial charge in [0.15, 0.2) is 0 Å². The molecule has 0 amide bonds. The van der Waals surface area contributed by atoms with Crippen LogP contribution < -0.4 is 10.6 Å². The van der Waals surface area contributed by atoms with Crippen LogP contribution >= 0.6 is 0 Å². The van der Waals surface area contributed by atoms with E-state index in [-0.39, 0.29) is 6.04 Å². The number of anilines is 1. The number of nitrogens with two attached hydrogens (primary N) is 1. The Hall–Kier alpha value is -1.80. The number of fused-ring (bicyclic) bond motifs is 1. The van der Waals surface area contributed by atoms with E-state index in [0.717, 1.165) is 25.9 Å². The van der Waals surface area contributed by atoms with E-state index in [1.165, 1.54) is 27.9 Å². The first-order valence-corrected chi connectivity index (χ1v) is 7.88. The lowest BCUT2D eigenvalue weighted by Gasteiger charge is -2.20. The third-order valence-corrected chi connectivity index (χ3v) is 4.43. The van der Waals surface area contributed by atoms with Crippen LogP contribution in [0.3, 0.4) is 0 Å². The highest BCUT2D eigenvalue weighted by Gasteiger charge is 2.19. The van der Waals surface area contributed by atoms with Gasteiger partial charge >= 0.3 is 0 Å². The molecule has 2 heteroatoms. The maximum absolute atomic E-state index is 5.98. The Balaban J connectivity index is 1.77. The van der Waals surface area contributed by atoms with Crippen molar-refractivity contribution in [1.29, 1.82) is 0 Å². The lowest BCUT2D eigenvalue weighted by atomic mass is 10.0. The van der Waals surface area contributed by atoms with E-state index in [2.05, 4.69) is 54.3 Å². The molecule has 21 heavy (non-hydrogen) atoms. The van der Waals surface area contributed by atoms with Crippen molar-refractivity contribution in [3.05, 3.63) is 64.7 Å². The highest BCUT2D eigenvalue weighted by atomic mass is 15.1. The first-order valence-electron chi connectivity index (χ1n) is 7.88. The molecule has 0 saturated carbocycles. The summed E-state index contributed by atoms with van der Waals surface area (Å²) in [6, 6.07) is 15.8. The second-order valence-electron chi connectivity index (χ2n) is 6.02. The fourth-order valence-electron chi connectivity index (χ4n) is 3.04. The molecule has 0 aliphatic carbocycles. The van der Waals surface area contributed by atoms with Gasteiger partial charge in [0, 0.05) is 24.8 Å². The zero-order valence-corrected chi connectivity index (χ0v) is 13.0. The summed E-state index contributed by atoms with van der Waals surface area (Å²) in [6.07, 6.45) is 2.23. The molecule has 2 aromatic rings. The molecule has 1 unspecified atom stereocenters. The van der Waals surface area contributed by atoms with Gasteiger partial charge in [-0.2, -0.15) is 0 Å². The fraction of sp³-hybridized carbons (Fsp3) is 0.368. The van der Waals surface area contributed by atoms with Crippen LogP contribution in [0.5, 0.6) is 0 Å². The maximum Gasteiger partial charge on any atom is 0.0429 e. The van der Waals surface area contributed by atoms with Crippen molar-refractivity contribution in [2.45, 2.75) is 39.3 Å². The Morgan fingerprint density at radius 1 is 1.10 bits per heavy atom. The summed E-state index contributed by atoms with van der Waals surface area (Å²) in [5, 5.41) is 0. The maximum atomic E-state index is 5.98. The summed E-state index contributed by atoms with van der Waals surface area (Å²) >= 11 is 0. The summed E-state index contributed by atoms with van der Waals surface area (Å²) in [5.41, 5.74) is 12.8. The summed E-state index contributed by atoms with van der Waals surface area (Å²) in [6.45, 7) is 6.34. The van der Waals surface area contributed by atoms with Crippen molar-refractivity contribution < 1.29 is 0 Å². The van der Waals surface area contributed by atoms with Gasteiger partial charge in [-0.05, 0) is 48.1 Å². The van der Waals surface area contributed by atoms with Crippen molar-refractivity contribution in [3.8, 4) is 0 Å². The molecule has 0 spiro atoms. The minimum absolute atomic E-state index is 0.117. The van der Waals surface area contributed by atoms with Crippen molar-refractivity contribution in [3.63, 3.8) is 0 Å². The first kappa shape index (κ1) is 14.2. The molecule has 1 aliphatic rings. The van der Waals surface area contributed by atoms with Crippen LogP contribution in [0.25, 0.3) is 0 Å². The predicted octanol–water partition coefficient (Wildman–Crippen LogP) is 3.83. The summed E-state index contributed by atoms with van der Waals surface area (Å²) in [7, 11) is 0. The van der Waals surface area contributed by atoms with Gasteiger partial charge in [0.05, 0.1) is 0 Å². The van der Waals surface area contributed by atoms with Crippen molar-refractivity contribution in [1.82, 2.24) is 0 Å². The lowest BCUT2D eigenvalue weighted by molar-refractivity contribution is 0.816. The van der Waals surface area contributed by atoms with E-state index in [1.54, 1.807) is 0 Å². The molecule has 2 N–H and O–H groups in total. The molecule has 2 aromatic carbocycles. The number of rotatable bonds is 4. The van der Waals surface area contributed by atoms with Gasteiger partial charge in [-0.25, -0.2) is 0 Å². The molecule has 0 saturated heterocycles. The van der Waals surface area contributed by atoms with Crippen LogP contribution in [0.15, 0.2) is 42.5 Å². The van der Waals surface area contributed by atoms with Crippen LogP contribution in [0.1, 0.15) is 42.1 Å². The van der Waals surface area contributed by atoms with Gasteiger partial charge in [-0.1, -0.05) is 43.3 Å². The van der Waals surface area contributed by atoms with Gasteiger partial charge in [0.25, 0.3) is 0 Å². The van der Waals surface area contributed by atoms with E-state index in [9.17, 15) is 0 Å². The second-order valence-corrected chi connectivity index (χ2v) is 6.02. The molecular weight excluding hydrogens is 256 g/mol. The van der Waals surface area contributed by atoms with Crippen LogP contribution in [0.4, 0.5) is 5.69 Å². The Labute approximate surface area is 127 Å².